The molecule has 2 heterocycles. The lowest BCUT2D eigenvalue weighted by atomic mass is 9.80. The second kappa shape index (κ2) is 8.09. The molecule has 1 aliphatic heterocycles. The van der Waals surface area contributed by atoms with E-state index in [9.17, 15) is 0 Å². The zero-order chi connectivity index (χ0) is 15.3. The molecule has 0 radical (unpaired) electrons. The van der Waals surface area contributed by atoms with Crippen molar-refractivity contribution in [3.05, 3.63) is 20.8 Å². The van der Waals surface area contributed by atoms with Gasteiger partial charge in [0.15, 0.2) is 0 Å². The van der Waals surface area contributed by atoms with E-state index in [1.54, 1.807) is 11.3 Å². The van der Waals surface area contributed by atoms with Crippen molar-refractivity contribution in [2.24, 2.45) is 0 Å². The Morgan fingerprint density at radius 1 is 1.24 bits per heavy atom. The van der Waals surface area contributed by atoms with Gasteiger partial charge in [0.05, 0.1) is 6.04 Å². The topological polar surface area (TPSA) is 15.3 Å². The fourth-order valence-electron chi connectivity index (χ4n) is 3.83. The number of hydrogen-bond acceptors (Lipinski definition) is 3. The van der Waals surface area contributed by atoms with Gasteiger partial charge in [0.2, 0.25) is 0 Å². The van der Waals surface area contributed by atoms with Crippen molar-refractivity contribution in [3.63, 3.8) is 0 Å². The summed E-state index contributed by atoms with van der Waals surface area (Å²) in [7, 11) is 0. The summed E-state index contributed by atoms with van der Waals surface area (Å²) in [5.41, 5.74) is 1.69. The molecule has 0 aliphatic carbocycles. The van der Waals surface area contributed by atoms with Gasteiger partial charge >= 0.3 is 0 Å². The fourth-order valence-corrected chi connectivity index (χ4v) is 5.38. The molecule has 0 aromatic carbocycles. The molecule has 0 spiro atoms. The van der Waals surface area contributed by atoms with Crippen LogP contribution in [0.3, 0.4) is 0 Å². The van der Waals surface area contributed by atoms with Gasteiger partial charge in [0, 0.05) is 15.4 Å². The van der Waals surface area contributed by atoms with Crippen molar-refractivity contribution in [3.8, 4) is 0 Å². The molecule has 120 valence electrons. The number of rotatable bonds is 8. The van der Waals surface area contributed by atoms with Crippen LogP contribution in [0.15, 0.2) is 15.2 Å². The predicted octanol–water partition coefficient (Wildman–Crippen LogP) is 5.21. The first-order valence-electron chi connectivity index (χ1n) is 8.39. The zero-order valence-corrected chi connectivity index (χ0v) is 16.0. The van der Waals surface area contributed by atoms with Crippen LogP contribution >= 0.6 is 27.3 Å². The Hall–Kier alpha value is 0.1000. The van der Waals surface area contributed by atoms with Gasteiger partial charge in [-0.15, -0.1) is 0 Å². The van der Waals surface area contributed by atoms with Crippen LogP contribution in [0.4, 0.5) is 0 Å². The molecule has 21 heavy (non-hydrogen) atoms. The summed E-state index contributed by atoms with van der Waals surface area (Å²) in [5, 5.41) is 8.41. The van der Waals surface area contributed by atoms with Crippen LogP contribution in [0, 0.1) is 0 Å². The van der Waals surface area contributed by atoms with E-state index in [1.807, 2.05) is 0 Å². The maximum atomic E-state index is 3.87. The lowest BCUT2D eigenvalue weighted by Gasteiger charge is -2.47. The van der Waals surface area contributed by atoms with Gasteiger partial charge in [-0.05, 0) is 78.6 Å². The van der Waals surface area contributed by atoms with Crippen LogP contribution in [0.25, 0.3) is 0 Å². The SMILES string of the molecule is CCCNC(c1cscc1Br)C(CC)(CC)N1CCCC1. The van der Waals surface area contributed by atoms with Crippen molar-refractivity contribution in [2.75, 3.05) is 19.6 Å². The average Bonchev–Trinajstić information content (AvgIpc) is 3.16. The van der Waals surface area contributed by atoms with Crippen molar-refractivity contribution in [1.29, 1.82) is 0 Å². The van der Waals surface area contributed by atoms with Crippen molar-refractivity contribution in [1.82, 2.24) is 10.2 Å². The molecular weight excluding hydrogens is 344 g/mol. The van der Waals surface area contributed by atoms with Crippen LogP contribution in [0.1, 0.15) is 64.5 Å². The van der Waals surface area contributed by atoms with E-state index in [0.717, 1.165) is 6.54 Å². The maximum Gasteiger partial charge on any atom is 0.0526 e. The highest BCUT2D eigenvalue weighted by molar-refractivity contribution is 9.10. The minimum absolute atomic E-state index is 0.245. The summed E-state index contributed by atoms with van der Waals surface area (Å²) in [4.78, 5) is 2.75. The summed E-state index contributed by atoms with van der Waals surface area (Å²) in [6.07, 6.45) is 6.29. The van der Waals surface area contributed by atoms with Crippen LogP contribution in [-0.4, -0.2) is 30.1 Å². The lowest BCUT2D eigenvalue weighted by molar-refractivity contribution is 0.0616. The van der Waals surface area contributed by atoms with Crippen LogP contribution in [0.5, 0.6) is 0 Å². The third-order valence-corrected chi connectivity index (χ3v) is 6.80. The smallest absolute Gasteiger partial charge is 0.0526 e. The number of hydrogen-bond donors (Lipinski definition) is 1. The van der Waals surface area contributed by atoms with Crippen molar-refractivity contribution < 1.29 is 0 Å². The van der Waals surface area contributed by atoms with E-state index in [1.165, 1.54) is 55.2 Å². The second-order valence-corrected chi connectivity index (χ2v) is 7.66. The highest BCUT2D eigenvalue weighted by atomic mass is 79.9. The summed E-state index contributed by atoms with van der Waals surface area (Å²) in [5.74, 6) is 0. The molecule has 1 saturated heterocycles. The van der Waals surface area contributed by atoms with Gasteiger partial charge in [-0.3, -0.25) is 4.90 Å². The van der Waals surface area contributed by atoms with Crippen molar-refractivity contribution >= 4 is 27.3 Å². The normalized spacial score (nSPS) is 18.3. The van der Waals surface area contributed by atoms with Gasteiger partial charge in [-0.25, -0.2) is 0 Å². The van der Waals surface area contributed by atoms with E-state index in [2.05, 4.69) is 57.7 Å². The second-order valence-electron chi connectivity index (χ2n) is 6.07. The monoisotopic (exact) mass is 372 g/mol. The first-order valence-corrected chi connectivity index (χ1v) is 10.1. The number of thiophene rings is 1. The quantitative estimate of drug-likeness (QED) is 0.673. The Labute approximate surface area is 142 Å². The molecule has 1 aromatic heterocycles. The van der Waals surface area contributed by atoms with Gasteiger partial charge in [-0.2, -0.15) is 11.3 Å². The zero-order valence-electron chi connectivity index (χ0n) is 13.6. The van der Waals surface area contributed by atoms with Crippen LogP contribution in [0.2, 0.25) is 0 Å². The first-order chi connectivity index (χ1) is 10.2. The molecule has 1 atom stereocenters. The number of halogens is 1. The predicted molar refractivity (Wildman–Crippen MR) is 97.2 cm³/mol. The summed E-state index contributed by atoms with van der Waals surface area (Å²) in [6, 6.07) is 0.422. The fraction of sp³-hybridized carbons (Fsp3) is 0.765. The molecule has 0 amide bonds. The number of likely N-dealkylation sites (tertiary alicyclic amines) is 1. The Bertz CT molecular complexity index is 422. The third-order valence-electron chi connectivity index (χ3n) is 5.05. The Morgan fingerprint density at radius 2 is 1.90 bits per heavy atom. The first kappa shape index (κ1) is 17.5. The molecule has 1 aromatic rings. The van der Waals surface area contributed by atoms with E-state index in [-0.39, 0.29) is 5.54 Å². The molecule has 1 N–H and O–H groups in total. The molecule has 2 nitrogen and oxygen atoms in total. The maximum absolute atomic E-state index is 3.87. The van der Waals surface area contributed by atoms with E-state index >= 15 is 0 Å². The van der Waals surface area contributed by atoms with Gasteiger partial charge in [0.25, 0.3) is 0 Å². The molecule has 1 aliphatic rings. The van der Waals surface area contributed by atoms with E-state index < -0.39 is 0 Å². The van der Waals surface area contributed by atoms with Gasteiger partial charge in [0.1, 0.15) is 0 Å². The van der Waals surface area contributed by atoms with E-state index in [4.69, 9.17) is 0 Å². The average molecular weight is 373 g/mol. The Morgan fingerprint density at radius 3 is 2.38 bits per heavy atom. The number of nitrogens with one attached hydrogen (secondary N) is 1. The Balaban J connectivity index is 2.36. The van der Waals surface area contributed by atoms with Gasteiger partial charge < -0.3 is 5.32 Å². The minimum Gasteiger partial charge on any atom is -0.308 e. The molecule has 1 unspecified atom stereocenters. The summed E-state index contributed by atoms with van der Waals surface area (Å²) in [6.45, 7) is 10.6. The van der Waals surface area contributed by atoms with Crippen molar-refractivity contribution in [2.45, 2.75) is 64.5 Å². The molecule has 4 heteroatoms. The highest BCUT2D eigenvalue weighted by Crippen LogP contribution is 2.42. The largest absolute Gasteiger partial charge is 0.308 e. The Kier molecular flexibility index (Phi) is 6.73. The molecular formula is C17H29BrN2S. The highest BCUT2D eigenvalue weighted by Gasteiger charge is 2.43. The van der Waals surface area contributed by atoms with E-state index in [0.29, 0.717) is 6.04 Å². The summed E-state index contributed by atoms with van der Waals surface area (Å²) >= 11 is 5.57. The molecule has 0 saturated carbocycles. The molecule has 1 fully saturated rings. The summed E-state index contributed by atoms with van der Waals surface area (Å²) < 4.78 is 1.27. The van der Waals surface area contributed by atoms with Crippen LogP contribution < -0.4 is 5.32 Å². The van der Waals surface area contributed by atoms with Crippen LogP contribution in [-0.2, 0) is 0 Å². The lowest BCUT2D eigenvalue weighted by Crippen LogP contribution is -2.55. The molecule has 0 bridgehead atoms. The third kappa shape index (κ3) is 3.54. The number of nitrogens with zero attached hydrogens (tertiary/aromatic N) is 1. The van der Waals surface area contributed by atoms with Gasteiger partial charge in [-0.1, -0.05) is 20.8 Å². The minimum atomic E-state index is 0.245. The standard InChI is InChI=1S/C17H29BrN2S/c1-4-9-19-16(14-12-21-13-15(14)18)17(5-2,6-3)20-10-7-8-11-20/h12-13,16,19H,4-11H2,1-3H3. The molecule has 2 rings (SSSR count).